The van der Waals surface area contributed by atoms with E-state index in [0.717, 1.165) is 43.2 Å². The molecule has 1 aliphatic heterocycles. The van der Waals surface area contributed by atoms with E-state index in [1.807, 2.05) is 29.2 Å². The Kier molecular flexibility index (Phi) is 5.93. The Morgan fingerprint density at radius 2 is 1.58 bits per heavy atom. The van der Waals surface area contributed by atoms with E-state index in [1.54, 1.807) is 0 Å². The molecule has 24 heavy (non-hydrogen) atoms. The van der Waals surface area contributed by atoms with Gasteiger partial charge in [0.25, 0.3) is 5.91 Å². The summed E-state index contributed by atoms with van der Waals surface area (Å²) in [4.78, 5) is 26.9. The van der Waals surface area contributed by atoms with Gasteiger partial charge in [-0.25, -0.2) is 0 Å². The second kappa shape index (κ2) is 8.15. The fraction of sp³-hybridized carbons (Fsp3) is 0.579. The molecular weight excluding hydrogens is 368 g/mol. The zero-order valence-corrected chi connectivity index (χ0v) is 15.6. The van der Waals surface area contributed by atoms with Crippen molar-refractivity contribution in [2.24, 2.45) is 5.92 Å². The third-order valence-corrected chi connectivity index (χ3v) is 5.73. The predicted octanol–water partition coefficient (Wildman–Crippen LogP) is 3.75. The smallest absolute Gasteiger partial charge is 0.251 e. The molecule has 0 atom stereocenters. The van der Waals surface area contributed by atoms with E-state index in [2.05, 4.69) is 21.2 Å². The van der Waals surface area contributed by atoms with Gasteiger partial charge in [0, 0.05) is 35.1 Å². The Labute approximate surface area is 152 Å². The maximum absolute atomic E-state index is 12.6. The molecule has 0 aromatic heterocycles. The van der Waals surface area contributed by atoms with Crippen LogP contribution in [0.5, 0.6) is 0 Å². The second-order valence-electron chi connectivity index (χ2n) is 6.91. The molecule has 1 aromatic rings. The molecule has 2 aliphatic rings. The van der Waals surface area contributed by atoms with Crippen LogP contribution < -0.4 is 5.32 Å². The lowest BCUT2D eigenvalue weighted by atomic mass is 9.87. The third kappa shape index (κ3) is 4.38. The number of hydrogen-bond acceptors (Lipinski definition) is 2. The molecule has 2 fully saturated rings. The van der Waals surface area contributed by atoms with Crippen molar-refractivity contribution < 1.29 is 9.59 Å². The molecule has 1 aromatic carbocycles. The lowest BCUT2D eigenvalue weighted by Crippen LogP contribution is -2.48. The Balaban J connectivity index is 1.47. The number of hydrogen-bond donors (Lipinski definition) is 1. The van der Waals surface area contributed by atoms with Gasteiger partial charge in [0.1, 0.15) is 0 Å². The molecule has 3 rings (SSSR count). The number of nitrogens with one attached hydrogen (secondary N) is 1. The summed E-state index contributed by atoms with van der Waals surface area (Å²) in [5.74, 6) is 0.555. The van der Waals surface area contributed by atoms with E-state index in [9.17, 15) is 9.59 Å². The zero-order valence-electron chi connectivity index (χ0n) is 14.0. The molecule has 1 aliphatic carbocycles. The Morgan fingerprint density at radius 1 is 0.958 bits per heavy atom. The van der Waals surface area contributed by atoms with Crippen LogP contribution in [0, 0.1) is 5.92 Å². The summed E-state index contributed by atoms with van der Waals surface area (Å²) in [5.41, 5.74) is 0.680. The van der Waals surface area contributed by atoms with Crippen LogP contribution in [0.25, 0.3) is 0 Å². The van der Waals surface area contributed by atoms with Gasteiger partial charge in [0.2, 0.25) is 5.91 Å². The fourth-order valence-corrected chi connectivity index (χ4v) is 3.99. The topological polar surface area (TPSA) is 49.4 Å². The SMILES string of the molecule is O=C(NC1CCN(C(=O)C2CCCCC2)CC1)c1ccc(Br)cc1. The maximum atomic E-state index is 12.6. The first-order valence-corrected chi connectivity index (χ1v) is 9.78. The molecule has 0 unspecified atom stereocenters. The second-order valence-corrected chi connectivity index (χ2v) is 7.83. The van der Waals surface area contributed by atoms with E-state index in [-0.39, 0.29) is 17.9 Å². The van der Waals surface area contributed by atoms with E-state index in [4.69, 9.17) is 0 Å². The lowest BCUT2D eigenvalue weighted by molar-refractivity contribution is -0.137. The van der Waals surface area contributed by atoms with Gasteiger partial charge in [-0.15, -0.1) is 0 Å². The minimum Gasteiger partial charge on any atom is -0.349 e. The van der Waals surface area contributed by atoms with Crippen molar-refractivity contribution >= 4 is 27.7 Å². The number of carbonyl (C=O) groups is 2. The summed E-state index contributed by atoms with van der Waals surface area (Å²) in [6.45, 7) is 1.53. The average molecular weight is 393 g/mol. The van der Waals surface area contributed by atoms with Gasteiger partial charge >= 0.3 is 0 Å². The maximum Gasteiger partial charge on any atom is 0.251 e. The summed E-state index contributed by atoms with van der Waals surface area (Å²) < 4.78 is 0.966. The highest BCUT2D eigenvalue weighted by atomic mass is 79.9. The predicted molar refractivity (Wildman–Crippen MR) is 97.8 cm³/mol. The van der Waals surface area contributed by atoms with Crippen LogP contribution in [0.15, 0.2) is 28.7 Å². The molecule has 5 heteroatoms. The lowest BCUT2D eigenvalue weighted by Gasteiger charge is -2.35. The number of benzene rings is 1. The van der Waals surface area contributed by atoms with Crippen LogP contribution in [0.1, 0.15) is 55.3 Å². The quantitative estimate of drug-likeness (QED) is 0.851. The van der Waals surface area contributed by atoms with Gasteiger partial charge in [-0.1, -0.05) is 35.2 Å². The fourth-order valence-electron chi connectivity index (χ4n) is 3.72. The number of halogens is 1. The van der Waals surface area contributed by atoms with Crippen molar-refractivity contribution in [1.82, 2.24) is 10.2 Å². The van der Waals surface area contributed by atoms with Gasteiger partial charge in [-0.3, -0.25) is 9.59 Å². The van der Waals surface area contributed by atoms with Gasteiger partial charge in [0.05, 0.1) is 0 Å². The first-order valence-electron chi connectivity index (χ1n) is 8.99. The van der Waals surface area contributed by atoms with Crippen LogP contribution in [-0.4, -0.2) is 35.8 Å². The number of carbonyl (C=O) groups excluding carboxylic acids is 2. The van der Waals surface area contributed by atoms with Crippen molar-refractivity contribution in [3.8, 4) is 0 Å². The highest BCUT2D eigenvalue weighted by Crippen LogP contribution is 2.26. The van der Waals surface area contributed by atoms with Crippen LogP contribution in [0.3, 0.4) is 0 Å². The van der Waals surface area contributed by atoms with Crippen LogP contribution in [0.4, 0.5) is 0 Å². The number of piperidine rings is 1. The first-order chi connectivity index (χ1) is 11.6. The van der Waals surface area contributed by atoms with Crippen molar-refractivity contribution in [2.75, 3.05) is 13.1 Å². The summed E-state index contributed by atoms with van der Waals surface area (Å²) in [6.07, 6.45) is 7.46. The minimum atomic E-state index is -0.0282. The number of likely N-dealkylation sites (tertiary alicyclic amines) is 1. The van der Waals surface area contributed by atoms with E-state index in [1.165, 1.54) is 19.3 Å². The Hall–Kier alpha value is -1.36. The monoisotopic (exact) mass is 392 g/mol. The molecule has 0 spiro atoms. The largest absolute Gasteiger partial charge is 0.349 e. The van der Waals surface area contributed by atoms with Crippen molar-refractivity contribution in [3.05, 3.63) is 34.3 Å². The van der Waals surface area contributed by atoms with Crippen molar-refractivity contribution in [3.63, 3.8) is 0 Å². The average Bonchev–Trinajstić information content (AvgIpc) is 2.63. The van der Waals surface area contributed by atoms with Gasteiger partial charge in [-0.05, 0) is 49.9 Å². The van der Waals surface area contributed by atoms with E-state index >= 15 is 0 Å². The normalized spacial score (nSPS) is 20.0. The molecule has 1 N–H and O–H groups in total. The third-order valence-electron chi connectivity index (χ3n) is 5.20. The zero-order chi connectivity index (χ0) is 16.9. The molecule has 0 radical (unpaired) electrons. The Morgan fingerprint density at radius 3 is 2.21 bits per heavy atom. The van der Waals surface area contributed by atoms with Gasteiger partial charge in [-0.2, -0.15) is 0 Å². The highest BCUT2D eigenvalue weighted by molar-refractivity contribution is 9.10. The summed E-state index contributed by atoms with van der Waals surface area (Å²) >= 11 is 3.38. The number of amides is 2. The molecule has 4 nitrogen and oxygen atoms in total. The van der Waals surface area contributed by atoms with Crippen LogP contribution in [0.2, 0.25) is 0 Å². The molecule has 2 amide bonds. The molecule has 0 bridgehead atoms. The molecule has 130 valence electrons. The van der Waals surface area contributed by atoms with E-state index in [0.29, 0.717) is 11.5 Å². The summed E-state index contributed by atoms with van der Waals surface area (Å²) in [5, 5.41) is 3.10. The first kappa shape index (κ1) is 17.5. The van der Waals surface area contributed by atoms with Crippen LogP contribution >= 0.6 is 15.9 Å². The molecule has 1 heterocycles. The van der Waals surface area contributed by atoms with Crippen molar-refractivity contribution in [1.29, 1.82) is 0 Å². The molecule has 1 saturated heterocycles. The number of nitrogens with zero attached hydrogens (tertiary/aromatic N) is 1. The summed E-state index contributed by atoms with van der Waals surface area (Å²) in [6, 6.07) is 7.56. The molecular formula is C19H25BrN2O2. The number of rotatable bonds is 3. The van der Waals surface area contributed by atoms with Gasteiger partial charge in [0.15, 0.2) is 0 Å². The highest BCUT2D eigenvalue weighted by Gasteiger charge is 2.29. The van der Waals surface area contributed by atoms with Gasteiger partial charge < -0.3 is 10.2 Å². The minimum absolute atomic E-state index is 0.0282. The van der Waals surface area contributed by atoms with E-state index < -0.39 is 0 Å². The summed E-state index contributed by atoms with van der Waals surface area (Å²) in [7, 11) is 0. The standard InChI is InChI=1S/C19H25BrN2O2/c20-16-8-6-14(7-9-16)18(23)21-17-10-12-22(13-11-17)19(24)15-4-2-1-3-5-15/h6-9,15,17H,1-5,10-13H2,(H,21,23). The molecule has 1 saturated carbocycles. The van der Waals surface area contributed by atoms with Crippen molar-refractivity contribution in [2.45, 2.75) is 51.0 Å². The Bertz CT molecular complexity index is 574. The van der Waals surface area contributed by atoms with Crippen LogP contribution in [-0.2, 0) is 4.79 Å².